The fourth-order valence-electron chi connectivity index (χ4n) is 4.18. The van der Waals surface area contributed by atoms with Crippen molar-refractivity contribution < 1.29 is 23.6 Å². The minimum absolute atomic E-state index is 0.00906. The number of amides is 1. The van der Waals surface area contributed by atoms with Crippen LogP contribution >= 0.6 is 0 Å². The zero-order valence-corrected chi connectivity index (χ0v) is 19.3. The van der Waals surface area contributed by atoms with E-state index in [4.69, 9.17) is 18.8 Å². The second kappa shape index (κ2) is 9.19. The first-order chi connectivity index (χ1) is 14.0. The molecule has 0 N–H and O–H groups in total. The first-order valence-corrected chi connectivity index (χ1v) is 11.1. The molecule has 2 aliphatic heterocycles. The monoisotopic (exact) mass is 417 g/mol. The standard InChI is InChI=1S/C23H36BNO5/c1-17-15-23(5,6)30-24(29-17)19-12-7-8-13-20(19)27-16-18-11-9-10-14-25(18)21(26)28-22(2,3)4/h7-8,12-13,17-18H,9-11,14-16H2,1-6H3/t17-,18+/m0/s1. The smallest absolute Gasteiger partial charge is 0.492 e. The number of ether oxygens (including phenoxy) is 2. The number of hydrogen-bond acceptors (Lipinski definition) is 5. The van der Waals surface area contributed by atoms with Gasteiger partial charge in [0.25, 0.3) is 0 Å². The molecule has 2 atom stereocenters. The first kappa shape index (κ1) is 22.9. The molecular weight excluding hydrogens is 381 g/mol. The number of rotatable bonds is 4. The van der Waals surface area contributed by atoms with Crippen LogP contribution in [0.5, 0.6) is 5.75 Å². The van der Waals surface area contributed by atoms with E-state index in [-0.39, 0.29) is 23.8 Å². The molecule has 30 heavy (non-hydrogen) atoms. The highest BCUT2D eigenvalue weighted by atomic mass is 16.6. The van der Waals surface area contributed by atoms with Crippen molar-refractivity contribution in [1.82, 2.24) is 4.90 Å². The van der Waals surface area contributed by atoms with Crippen LogP contribution in [0.1, 0.15) is 67.2 Å². The Kier molecular flexibility index (Phi) is 7.03. The number of carbonyl (C=O) groups is 1. The number of hydrogen-bond donors (Lipinski definition) is 0. The van der Waals surface area contributed by atoms with E-state index in [0.717, 1.165) is 36.9 Å². The Morgan fingerprint density at radius 2 is 2.00 bits per heavy atom. The molecule has 1 aromatic rings. The van der Waals surface area contributed by atoms with Gasteiger partial charge in [-0.25, -0.2) is 4.79 Å². The van der Waals surface area contributed by atoms with Gasteiger partial charge in [-0.1, -0.05) is 18.2 Å². The van der Waals surface area contributed by atoms with Crippen molar-refractivity contribution >= 4 is 18.7 Å². The maximum atomic E-state index is 12.7. The van der Waals surface area contributed by atoms with E-state index in [2.05, 4.69) is 20.8 Å². The van der Waals surface area contributed by atoms with Gasteiger partial charge in [0.2, 0.25) is 0 Å². The molecule has 0 spiro atoms. The van der Waals surface area contributed by atoms with Crippen molar-refractivity contribution in [2.75, 3.05) is 13.2 Å². The van der Waals surface area contributed by atoms with Crippen LogP contribution in [0, 0.1) is 0 Å². The molecule has 1 aromatic carbocycles. The van der Waals surface area contributed by atoms with Crippen LogP contribution in [0.15, 0.2) is 24.3 Å². The summed E-state index contributed by atoms with van der Waals surface area (Å²) in [7, 11) is -0.465. The SMILES string of the molecule is C[C@H]1CC(C)(C)OB(c2ccccc2OC[C@H]2CCCCN2C(=O)OC(C)(C)C)O1. The number of para-hydroxylation sites is 1. The van der Waals surface area contributed by atoms with Gasteiger partial charge in [0.1, 0.15) is 18.0 Å². The summed E-state index contributed by atoms with van der Waals surface area (Å²) in [5, 5.41) is 0. The van der Waals surface area contributed by atoms with Gasteiger partial charge in [0.15, 0.2) is 0 Å². The van der Waals surface area contributed by atoms with Gasteiger partial charge in [-0.3, -0.25) is 0 Å². The van der Waals surface area contributed by atoms with E-state index in [0.29, 0.717) is 13.2 Å². The number of carbonyl (C=O) groups excluding carboxylic acids is 1. The van der Waals surface area contributed by atoms with Crippen LogP contribution in [0.25, 0.3) is 0 Å². The van der Waals surface area contributed by atoms with Gasteiger partial charge >= 0.3 is 13.2 Å². The molecule has 2 saturated heterocycles. The third-order valence-corrected chi connectivity index (χ3v) is 5.42. The number of piperidine rings is 1. The average molecular weight is 417 g/mol. The topological polar surface area (TPSA) is 57.2 Å². The highest BCUT2D eigenvalue weighted by Gasteiger charge is 2.40. The lowest BCUT2D eigenvalue weighted by Gasteiger charge is -2.39. The predicted octanol–water partition coefficient (Wildman–Crippen LogP) is 4.15. The van der Waals surface area contributed by atoms with Crippen LogP contribution in [0.3, 0.4) is 0 Å². The molecule has 2 fully saturated rings. The molecule has 0 aliphatic carbocycles. The largest absolute Gasteiger partial charge is 0.498 e. The van der Waals surface area contributed by atoms with Crippen LogP contribution in [-0.4, -0.2) is 54.6 Å². The number of likely N-dealkylation sites (tertiary alicyclic amines) is 1. The Hall–Kier alpha value is -1.73. The summed E-state index contributed by atoms with van der Waals surface area (Å²) in [5.74, 6) is 0.738. The maximum Gasteiger partial charge on any atom is 0.498 e. The molecule has 7 heteroatoms. The fourth-order valence-corrected chi connectivity index (χ4v) is 4.18. The zero-order chi connectivity index (χ0) is 21.9. The molecule has 6 nitrogen and oxygen atoms in total. The molecule has 0 unspecified atom stereocenters. The lowest BCUT2D eigenvalue weighted by molar-refractivity contribution is -0.0233. The average Bonchev–Trinajstić information content (AvgIpc) is 2.64. The lowest BCUT2D eigenvalue weighted by atomic mass is 9.74. The molecule has 2 aliphatic rings. The van der Waals surface area contributed by atoms with E-state index in [1.54, 1.807) is 0 Å². The van der Waals surface area contributed by atoms with Gasteiger partial charge in [-0.15, -0.1) is 0 Å². The van der Waals surface area contributed by atoms with Crippen LogP contribution in [0.4, 0.5) is 4.79 Å². The van der Waals surface area contributed by atoms with E-state index in [1.165, 1.54) is 0 Å². The van der Waals surface area contributed by atoms with E-state index in [1.807, 2.05) is 49.9 Å². The van der Waals surface area contributed by atoms with Gasteiger partial charge in [-0.05, 0) is 73.3 Å². The molecule has 0 aromatic heterocycles. The van der Waals surface area contributed by atoms with Gasteiger partial charge in [0, 0.05) is 18.1 Å². The molecule has 1 amide bonds. The Bertz CT molecular complexity index is 733. The normalized spacial score (nSPS) is 24.5. The second-order valence-electron chi connectivity index (χ2n) is 10.0. The zero-order valence-electron chi connectivity index (χ0n) is 19.3. The van der Waals surface area contributed by atoms with Crippen molar-refractivity contribution in [2.24, 2.45) is 0 Å². The molecule has 166 valence electrons. The molecule has 0 bridgehead atoms. The summed E-state index contributed by atoms with van der Waals surface area (Å²) in [6.45, 7) is 13.0. The molecule has 2 heterocycles. The van der Waals surface area contributed by atoms with Gasteiger partial charge in [-0.2, -0.15) is 0 Å². The third kappa shape index (κ3) is 6.14. The summed E-state index contributed by atoms with van der Waals surface area (Å²) in [4.78, 5) is 14.5. The van der Waals surface area contributed by atoms with Gasteiger partial charge in [0.05, 0.1) is 11.6 Å². The number of nitrogens with zero attached hydrogens (tertiary/aromatic N) is 1. The fraction of sp³-hybridized carbons (Fsp3) is 0.696. The predicted molar refractivity (Wildman–Crippen MR) is 118 cm³/mol. The second-order valence-corrected chi connectivity index (χ2v) is 10.0. The first-order valence-electron chi connectivity index (χ1n) is 11.1. The highest BCUT2D eigenvalue weighted by Crippen LogP contribution is 2.27. The van der Waals surface area contributed by atoms with Crippen molar-refractivity contribution in [3.63, 3.8) is 0 Å². The summed E-state index contributed by atoms with van der Waals surface area (Å²) in [5.41, 5.74) is 0.120. The Morgan fingerprint density at radius 3 is 2.70 bits per heavy atom. The van der Waals surface area contributed by atoms with E-state index in [9.17, 15) is 4.79 Å². The minimum Gasteiger partial charge on any atom is -0.492 e. The lowest BCUT2D eigenvalue weighted by Crippen LogP contribution is -2.52. The Morgan fingerprint density at radius 1 is 1.27 bits per heavy atom. The van der Waals surface area contributed by atoms with E-state index < -0.39 is 12.7 Å². The maximum absolute atomic E-state index is 12.7. The number of benzene rings is 1. The Balaban J connectivity index is 1.70. The third-order valence-electron chi connectivity index (χ3n) is 5.42. The van der Waals surface area contributed by atoms with Crippen LogP contribution < -0.4 is 10.2 Å². The summed E-state index contributed by atoms with van der Waals surface area (Å²) < 4.78 is 24.1. The van der Waals surface area contributed by atoms with Crippen molar-refractivity contribution in [2.45, 2.75) is 90.6 Å². The van der Waals surface area contributed by atoms with Gasteiger partial charge < -0.3 is 23.7 Å². The van der Waals surface area contributed by atoms with Crippen LogP contribution in [-0.2, 0) is 14.0 Å². The van der Waals surface area contributed by atoms with Crippen LogP contribution in [0.2, 0.25) is 0 Å². The molecule has 0 saturated carbocycles. The Labute approximate surface area is 181 Å². The quantitative estimate of drug-likeness (QED) is 0.689. The minimum atomic E-state index is -0.508. The summed E-state index contributed by atoms with van der Waals surface area (Å²) >= 11 is 0. The van der Waals surface area contributed by atoms with E-state index >= 15 is 0 Å². The van der Waals surface area contributed by atoms with Crippen molar-refractivity contribution in [1.29, 1.82) is 0 Å². The van der Waals surface area contributed by atoms with Crippen molar-refractivity contribution in [3.8, 4) is 5.75 Å². The van der Waals surface area contributed by atoms with Crippen molar-refractivity contribution in [3.05, 3.63) is 24.3 Å². The summed E-state index contributed by atoms with van der Waals surface area (Å²) in [6.07, 6.45) is 3.66. The molecular formula is C23H36BNO5. The molecule has 3 rings (SSSR count). The highest BCUT2D eigenvalue weighted by molar-refractivity contribution is 6.62. The summed E-state index contributed by atoms with van der Waals surface area (Å²) in [6, 6.07) is 7.83. The molecule has 0 radical (unpaired) electrons.